The second-order valence-electron chi connectivity index (χ2n) is 5.03. The van der Waals surface area contributed by atoms with Crippen LogP contribution < -0.4 is 9.47 Å². The van der Waals surface area contributed by atoms with Gasteiger partial charge in [0.1, 0.15) is 30.8 Å². The highest BCUT2D eigenvalue weighted by Gasteiger charge is 2.07. The Morgan fingerprint density at radius 3 is 2.13 bits per heavy atom. The second kappa shape index (κ2) is 7.47. The van der Waals surface area contributed by atoms with Gasteiger partial charge in [0.15, 0.2) is 0 Å². The van der Waals surface area contributed by atoms with E-state index in [1.165, 1.54) is 0 Å². The molecule has 118 valence electrons. The fourth-order valence-electron chi connectivity index (χ4n) is 2.07. The first-order chi connectivity index (χ1) is 11.3. The lowest BCUT2D eigenvalue weighted by Crippen LogP contribution is -2.25. The van der Waals surface area contributed by atoms with E-state index in [1.807, 2.05) is 66.9 Å². The highest BCUT2D eigenvalue weighted by atomic mass is 16.5. The fraction of sp³-hybridized carbons (Fsp3) is 0.167. The molecule has 5 heteroatoms. The van der Waals surface area contributed by atoms with E-state index in [2.05, 4.69) is 5.10 Å². The summed E-state index contributed by atoms with van der Waals surface area (Å²) in [6.45, 7) is 0.364. The zero-order valence-corrected chi connectivity index (χ0v) is 12.6. The number of aromatic nitrogens is 2. The topological polar surface area (TPSA) is 56.5 Å². The van der Waals surface area contributed by atoms with E-state index >= 15 is 0 Å². The number of para-hydroxylation sites is 1. The lowest BCUT2D eigenvalue weighted by molar-refractivity contribution is 0.0626. The van der Waals surface area contributed by atoms with Crippen molar-refractivity contribution in [1.82, 2.24) is 9.78 Å². The number of benzene rings is 2. The molecule has 1 aromatic heterocycles. The number of rotatable bonds is 7. The molecule has 0 aliphatic carbocycles. The smallest absolute Gasteiger partial charge is 0.122 e. The van der Waals surface area contributed by atoms with Gasteiger partial charge in [-0.05, 0) is 42.5 Å². The van der Waals surface area contributed by atoms with Crippen molar-refractivity contribution in [3.8, 4) is 17.2 Å². The lowest BCUT2D eigenvalue weighted by atomic mass is 10.3. The van der Waals surface area contributed by atoms with Gasteiger partial charge >= 0.3 is 0 Å². The quantitative estimate of drug-likeness (QED) is 0.729. The van der Waals surface area contributed by atoms with E-state index in [1.54, 1.807) is 10.9 Å². The molecular weight excluding hydrogens is 292 g/mol. The Kier molecular flexibility index (Phi) is 4.91. The largest absolute Gasteiger partial charge is 0.491 e. The molecular formula is C18H18N2O3. The first kappa shape index (κ1) is 15.1. The average Bonchev–Trinajstić information content (AvgIpc) is 3.14. The highest BCUT2D eigenvalue weighted by molar-refractivity contribution is 5.36. The molecule has 0 amide bonds. The molecule has 1 N–H and O–H groups in total. The van der Waals surface area contributed by atoms with Gasteiger partial charge in [-0.25, -0.2) is 4.68 Å². The van der Waals surface area contributed by atoms with Gasteiger partial charge in [0.25, 0.3) is 0 Å². The summed E-state index contributed by atoms with van der Waals surface area (Å²) in [6.07, 6.45) is 2.91. The molecule has 1 heterocycles. The molecule has 3 rings (SSSR count). The van der Waals surface area contributed by atoms with Crippen molar-refractivity contribution >= 4 is 0 Å². The number of nitrogens with zero attached hydrogens (tertiary/aromatic N) is 2. The molecule has 0 radical (unpaired) electrons. The fourth-order valence-corrected chi connectivity index (χ4v) is 2.07. The van der Waals surface area contributed by atoms with Crippen molar-refractivity contribution in [1.29, 1.82) is 0 Å². The van der Waals surface area contributed by atoms with Crippen molar-refractivity contribution in [3.05, 3.63) is 73.1 Å². The van der Waals surface area contributed by atoms with Gasteiger partial charge in [0.2, 0.25) is 0 Å². The summed E-state index contributed by atoms with van der Waals surface area (Å²) in [4.78, 5) is 0. The minimum absolute atomic E-state index is 0.175. The summed E-state index contributed by atoms with van der Waals surface area (Å²) in [7, 11) is 0. The van der Waals surface area contributed by atoms with E-state index in [-0.39, 0.29) is 13.2 Å². The molecule has 5 nitrogen and oxygen atoms in total. The van der Waals surface area contributed by atoms with Crippen LogP contribution in [0.3, 0.4) is 0 Å². The Balaban J connectivity index is 1.46. The summed E-state index contributed by atoms with van der Waals surface area (Å²) >= 11 is 0. The van der Waals surface area contributed by atoms with Crippen molar-refractivity contribution in [3.63, 3.8) is 0 Å². The maximum atomic E-state index is 9.91. The zero-order chi connectivity index (χ0) is 15.9. The number of hydrogen-bond donors (Lipinski definition) is 1. The van der Waals surface area contributed by atoms with Gasteiger partial charge in [-0.2, -0.15) is 5.10 Å². The predicted octanol–water partition coefficient (Wildman–Crippen LogP) is 2.69. The third-order valence-corrected chi connectivity index (χ3v) is 3.23. The van der Waals surface area contributed by atoms with Gasteiger partial charge < -0.3 is 14.6 Å². The third kappa shape index (κ3) is 4.34. The van der Waals surface area contributed by atoms with Gasteiger partial charge in [-0.15, -0.1) is 0 Å². The highest BCUT2D eigenvalue weighted by Crippen LogP contribution is 2.15. The molecule has 3 aromatic rings. The van der Waals surface area contributed by atoms with Crippen LogP contribution in [0.15, 0.2) is 73.1 Å². The maximum absolute atomic E-state index is 9.91. The number of aliphatic hydroxyl groups excluding tert-OH is 1. The Hall–Kier alpha value is -2.79. The summed E-state index contributed by atoms with van der Waals surface area (Å²) < 4.78 is 12.8. The summed E-state index contributed by atoms with van der Waals surface area (Å²) in [5.41, 5.74) is 0.954. The van der Waals surface area contributed by atoms with E-state index in [0.29, 0.717) is 5.75 Å². The molecule has 1 atom stereocenters. The lowest BCUT2D eigenvalue weighted by Gasteiger charge is -2.14. The van der Waals surface area contributed by atoms with Crippen molar-refractivity contribution in [2.45, 2.75) is 6.10 Å². The molecule has 0 bridgehead atoms. The van der Waals surface area contributed by atoms with E-state index < -0.39 is 6.10 Å². The second-order valence-corrected chi connectivity index (χ2v) is 5.03. The van der Waals surface area contributed by atoms with Crippen molar-refractivity contribution in [2.75, 3.05) is 13.2 Å². The van der Waals surface area contributed by atoms with E-state index in [9.17, 15) is 5.11 Å². The number of hydrogen-bond acceptors (Lipinski definition) is 4. The Morgan fingerprint density at radius 1 is 0.870 bits per heavy atom. The van der Waals surface area contributed by atoms with Crippen LogP contribution in [0.2, 0.25) is 0 Å². The first-order valence-electron chi connectivity index (χ1n) is 7.40. The van der Waals surface area contributed by atoms with Crippen LogP contribution in [-0.4, -0.2) is 34.2 Å². The Bertz CT molecular complexity index is 697. The monoisotopic (exact) mass is 310 g/mol. The van der Waals surface area contributed by atoms with Crippen LogP contribution in [0.5, 0.6) is 11.5 Å². The van der Waals surface area contributed by atoms with E-state index in [0.717, 1.165) is 11.4 Å². The van der Waals surface area contributed by atoms with Crippen molar-refractivity contribution < 1.29 is 14.6 Å². The minimum Gasteiger partial charge on any atom is -0.491 e. The first-order valence-corrected chi connectivity index (χ1v) is 7.40. The van der Waals surface area contributed by atoms with Gasteiger partial charge in [0.05, 0.1) is 5.69 Å². The van der Waals surface area contributed by atoms with E-state index in [4.69, 9.17) is 9.47 Å². The third-order valence-electron chi connectivity index (χ3n) is 3.23. The molecule has 23 heavy (non-hydrogen) atoms. The van der Waals surface area contributed by atoms with Crippen LogP contribution in [0.4, 0.5) is 0 Å². The van der Waals surface area contributed by atoms with Crippen molar-refractivity contribution in [2.24, 2.45) is 0 Å². The standard InChI is InChI=1S/C18H18N2O3/c21-16(13-22-17-5-2-1-3-6-17)14-23-18-9-7-15(8-10-18)20-12-4-11-19-20/h1-12,16,21H,13-14H2. The average molecular weight is 310 g/mol. The van der Waals surface area contributed by atoms with Crippen LogP contribution in [0.25, 0.3) is 5.69 Å². The molecule has 0 saturated heterocycles. The van der Waals surface area contributed by atoms with Gasteiger partial charge in [-0.1, -0.05) is 18.2 Å². The normalized spacial score (nSPS) is 11.9. The summed E-state index contributed by atoms with van der Waals surface area (Å²) in [6, 6.07) is 18.8. The van der Waals surface area contributed by atoms with Gasteiger partial charge in [-0.3, -0.25) is 0 Å². The van der Waals surface area contributed by atoms with Crippen LogP contribution in [0.1, 0.15) is 0 Å². The molecule has 0 saturated carbocycles. The Morgan fingerprint density at radius 2 is 1.52 bits per heavy atom. The molecule has 0 spiro atoms. The van der Waals surface area contributed by atoms with Gasteiger partial charge in [0, 0.05) is 12.4 Å². The summed E-state index contributed by atoms with van der Waals surface area (Å²) in [5.74, 6) is 1.43. The maximum Gasteiger partial charge on any atom is 0.122 e. The number of ether oxygens (including phenoxy) is 2. The minimum atomic E-state index is -0.694. The summed E-state index contributed by atoms with van der Waals surface area (Å²) in [5, 5.41) is 14.1. The Labute approximate surface area is 134 Å². The molecule has 0 fully saturated rings. The van der Waals surface area contributed by atoms with Crippen LogP contribution in [0, 0.1) is 0 Å². The molecule has 0 aliphatic heterocycles. The number of aliphatic hydroxyl groups is 1. The predicted molar refractivity (Wildman–Crippen MR) is 87.0 cm³/mol. The SMILES string of the molecule is OC(COc1ccccc1)COc1ccc(-n2cccn2)cc1. The van der Waals surface area contributed by atoms with Crippen LogP contribution in [-0.2, 0) is 0 Å². The van der Waals surface area contributed by atoms with Crippen LogP contribution >= 0.6 is 0 Å². The molecule has 2 aromatic carbocycles. The molecule has 1 unspecified atom stereocenters. The molecule has 0 aliphatic rings. The zero-order valence-electron chi connectivity index (χ0n) is 12.6.